The number of piperazine rings is 1. The van der Waals surface area contributed by atoms with Crippen LogP contribution < -0.4 is 9.64 Å². The van der Waals surface area contributed by atoms with E-state index < -0.39 is 12.1 Å². The Morgan fingerprint density at radius 2 is 1.93 bits per heavy atom. The molecule has 2 fully saturated rings. The van der Waals surface area contributed by atoms with E-state index in [1.54, 1.807) is 0 Å². The number of fused-ring (bicyclic) bond motifs is 2. The van der Waals surface area contributed by atoms with Gasteiger partial charge in [-0.1, -0.05) is 42.5 Å². The summed E-state index contributed by atoms with van der Waals surface area (Å²) in [6.45, 7) is 3.40. The monoisotopic (exact) mass is 539 g/mol. The van der Waals surface area contributed by atoms with Crippen molar-refractivity contribution in [2.24, 2.45) is 0 Å². The molecule has 2 unspecified atom stereocenters. The highest BCUT2D eigenvalue weighted by atomic mass is 16.5. The van der Waals surface area contributed by atoms with Crippen molar-refractivity contribution in [2.45, 2.75) is 37.9 Å². The first-order valence-corrected chi connectivity index (χ1v) is 13.8. The second kappa shape index (κ2) is 11.0. The maximum absolute atomic E-state index is 11.8. The minimum atomic E-state index is -1.00. The van der Waals surface area contributed by atoms with Gasteiger partial charge in [-0.3, -0.25) is 0 Å². The summed E-state index contributed by atoms with van der Waals surface area (Å²) >= 11 is 0. The molecule has 0 bridgehead atoms. The number of carboxylic acid groups (broad SMARTS) is 1. The number of nitriles is 1. The third-order valence-corrected chi connectivity index (χ3v) is 8.18. The van der Waals surface area contributed by atoms with Crippen LogP contribution in [0, 0.1) is 11.3 Å². The number of likely N-dealkylation sites (tertiary alicyclic amines) is 1. The van der Waals surface area contributed by atoms with Crippen molar-refractivity contribution in [1.29, 1.82) is 5.26 Å². The van der Waals surface area contributed by atoms with Crippen LogP contribution in [0.25, 0.3) is 21.7 Å². The van der Waals surface area contributed by atoms with Crippen LogP contribution >= 0.6 is 0 Å². The quantitative estimate of drug-likeness (QED) is 0.372. The first kappa shape index (κ1) is 25.9. The fourth-order valence-electron chi connectivity index (χ4n) is 6.00. The Morgan fingerprint density at radius 3 is 2.73 bits per heavy atom. The molecular weight excluding hydrogens is 506 g/mol. The topological polar surface area (TPSA) is 111 Å². The molecule has 0 aliphatic carbocycles. The molecule has 2 aromatic heterocycles. The number of anilines is 1. The number of hydrogen-bond acceptors (Lipinski definition) is 7. The summed E-state index contributed by atoms with van der Waals surface area (Å²) < 4.78 is 8.29. The molecule has 1 amide bonds. The van der Waals surface area contributed by atoms with Crippen LogP contribution in [-0.2, 0) is 6.54 Å². The van der Waals surface area contributed by atoms with Gasteiger partial charge in [0.1, 0.15) is 12.4 Å². The molecule has 0 saturated carbocycles. The SMILES string of the molecule is CN1CCCC1COc1nc(N2CCN(C(=O)O)C(CC#N)C2)c2cn(Cc3cccc4ccccc34)cc2n1. The van der Waals surface area contributed by atoms with E-state index in [-0.39, 0.29) is 6.42 Å². The maximum atomic E-state index is 11.8. The van der Waals surface area contributed by atoms with Gasteiger partial charge in [0.25, 0.3) is 0 Å². The lowest BCUT2D eigenvalue weighted by Crippen LogP contribution is -2.55. The minimum absolute atomic E-state index is 0.122. The molecule has 10 nitrogen and oxygen atoms in total. The van der Waals surface area contributed by atoms with Crippen molar-refractivity contribution in [3.63, 3.8) is 0 Å². The first-order chi connectivity index (χ1) is 19.5. The number of hydrogen-bond donors (Lipinski definition) is 1. The van der Waals surface area contributed by atoms with Gasteiger partial charge in [0.2, 0.25) is 0 Å². The van der Waals surface area contributed by atoms with Crippen LogP contribution in [0.15, 0.2) is 54.9 Å². The minimum Gasteiger partial charge on any atom is -0.465 e. The van der Waals surface area contributed by atoms with Gasteiger partial charge in [0.05, 0.1) is 29.4 Å². The second-order valence-corrected chi connectivity index (χ2v) is 10.7. The largest absolute Gasteiger partial charge is 0.465 e. The normalized spacial score (nSPS) is 19.8. The number of amides is 1. The van der Waals surface area contributed by atoms with Crippen LogP contribution in [0.5, 0.6) is 6.01 Å². The number of aromatic nitrogens is 3. The van der Waals surface area contributed by atoms with E-state index in [1.165, 1.54) is 21.2 Å². The number of likely N-dealkylation sites (N-methyl/N-ethyl adjacent to an activating group) is 1. The third kappa shape index (κ3) is 5.12. The third-order valence-electron chi connectivity index (χ3n) is 8.18. The van der Waals surface area contributed by atoms with Gasteiger partial charge in [-0.05, 0) is 42.8 Å². The Kier molecular flexibility index (Phi) is 7.13. The summed E-state index contributed by atoms with van der Waals surface area (Å²) in [4.78, 5) is 27.2. The maximum Gasteiger partial charge on any atom is 0.407 e. The Morgan fingerprint density at radius 1 is 1.07 bits per heavy atom. The molecule has 2 saturated heterocycles. The number of ether oxygens (including phenoxy) is 1. The summed E-state index contributed by atoms with van der Waals surface area (Å²) in [5.41, 5.74) is 1.98. The Labute approximate surface area is 233 Å². The predicted octanol–water partition coefficient (Wildman–Crippen LogP) is 4.19. The molecule has 2 atom stereocenters. The van der Waals surface area contributed by atoms with E-state index in [0.717, 1.165) is 30.3 Å². The van der Waals surface area contributed by atoms with Crippen molar-refractivity contribution in [1.82, 2.24) is 24.3 Å². The van der Waals surface area contributed by atoms with Crippen LogP contribution in [0.1, 0.15) is 24.8 Å². The van der Waals surface area contributed by atoms with E-state index in [9.17, 15) is 15.2 Å². The molecule has 10 heteroatoms. The van der Waals surface area contributed by atoms with E-state index in [4.69, 9.17) is 14.7 Å². The van der Waals surface area contributed by atoms with E-state index in [2.05, 4.69) is 70.1 Å². The molecule has 2 aliphatic heterocycles. The van der Waals surface area contributed by atoms with Gasteiger partial charge in [-0.25, -0.2) is 4.79 Å². The molecule has 6 rings (SSSR count). The van der Waals surface area contributed by atoms with Crippen LogP contribution in [0.3, 0.4) is 0 Å². The molecule has 4 heterocycles. The Balaban J connectivity index is 1.35. The summed E-state index contributed by atoms with van der Waals surface area (Å²) in [5, 5.41) is 22.3. The molecule has 2 aromatic carbocycles. The smallest absolute Gasteiger partial charge is 0.407 e. The number of rotatable bonds is 7. The van der Waals surface area contributed by atoms with Crippen molar-refractivity contribution in [3.8, 4) is 12.1 Å². The zero-order valence-electron chi connectivity index (χ0n) is 22.6. The van der Waals surface area contributed by atoms with Crippen LogP contribution in [0.4, 0.5) is 10.6 Å². The lowest BCUT2D eigenvalue weighted by molar-refractivity contribution is 0.119. The zero-order valence-corrected chi connectivity index (χ0v) is 22.6. The summed E-state index contributed by atoms with van der Waals surface area (Å²) in [6.07, 6.45) is 5.44. The Hall–Kier alpha value is -4.36. The second-order valence-electron chi connectivity index (χ2n) is 10.7. The van der Waals surface area contributed by atoms with Gasteiger partial charge >= 0.3 is 12.1 Å². The standard InChI is InChI=1S/C30H33N7O3/c1-34-13-5-9-24(34)20-40-29-32-27-19-35(16-22-8-4-7-21-6-2-3-10-25(21)22)18-26(27)28(33-29)36-14-15-37(30(38)39)23(17-36)11-12-31/h2-4,6-8,10,18-19,23-24H,5,9,11,13-17,20H2,1H3,(H,38,39). The van der Waals surface area contributed by atoms with E-state index in [1.807, 2.05) is 12.3 Å². The fourth-order valence-corrected chi connectivity index (χ4v) is 6.00. The average molecular weight is 540 g/mol. The van der Waals surface area contributed by atoms with Crippen LogP contribution in [-0.4, -0.2) is 87.5 Å². The van der Waals surface area contributed by atoms with Crippen LogP contribution in [0.2, 0.25) is 0 Å². The highest BCUT2D eigenvalue weighted by Gasteiger charge is 2.32. The number of benzene rings is 2. The summed E-state index contributed by atoms with van der Waals surface area (Å²) in [7, 11) is 2.11. The van der Waals surface area contributed by atoms with Gasteiger partial charge in [0.15, 0.2) is 0 Å². The lowest BCUT2D eigenvalue weighted by atomic mass is 10.0. The highest BCUT2D eigenvalue weighted by Crippen LogP contribution is 2.31. The summed E-state index contributed by atoms with van der Waals surface area (Å²) in [5.74, 6) is 0.712. The molecule has 0 radical (unpaired) electrons. The predicted molar refractivity (Wildman–Crippen MR) is 153 cm³/mol. The molecule has 0 spiro atoms. The van der Waals surface area contributed by atoms with Gasteiger partial charge < -0.3 is 29.1 Å². The molecular formula is C30H33N7O3. The highest BCUT2D eigenvalue weighted by molar-refractivity contribution is 5.90. The summed E-state index contributed by atoms with van der Waals surface area (Å²) in [6, 6.07) is 17.1. The molecule has 2 aliphatic rings. The number of carbonyl (C=O) groups is 1. The van der Waals surface area contributed by atoms with Crippen molar-refractivity contribution >= 4 is 33.6 Å². The van der Waals surface area contributed by atoms with E-state index >= 15 is 0 Å². The zero-order chi connectivity index (χ0) is 27.6. The van der Waals surface area contributed by atoms with Gasteiger partial charge in [-0.2, -0.15) is 15.2 Å². The molecule has 40 heavy (non-hydrogen) atoms. The van der Waals surface area contributed by atoms with Crippen molar-refractivity contribution in [3.05, 3.63) is 60.4 Å². The molecule has 206 valence electrons. The lowest BCUT2D eigenvalue weighted by Gasteiger charge is -2.39. The average Bonchev–Trinajstić information content (AvgIpc) is 3.56. The first-order valence-electron chi connectivity index (χ1n) is 13.8. The molecule has 4 aromatic rings. The van der Waals surface area contributed by atoms with E-state index in [0.29, 0.717) is 50.7 Å². The number of nitrogens with zero attached hydrogens (tertiary/aromatic N) is 7. The van der Waals surface area contributed by atoms with Gasteiger partial charge in [0, 0.05) is 44.6 Å². The van der Waals surface area contributed by atoms with Crippen molar-refractivity contribution in [2.75, 3.05) is 44.7 Å². The van der Waals surface area contributed by atoms with Crippen molar-refractivity contribution < 1.29 is 14.6 Å². The van der Waals surface area contributed by atoms with Gasteiger partial charge in [-0.15, -0.1) is 0 Å². The Bertz CT molecular complexity index is 1570. The fraction of sp³-hybridized carbons (Fsp3) is 0.400. The molecule has 1 N–H and O–H groups in total.